The molecular weight excluding hydrogens is 127 g/mol. The van der Waals surface area contributed by atoms with Crippen LogP contribution in [0.5, 0.6) is 0 Å². The summed E-state index contributed by atoms with van der Waals surface area (Å²) in [6, 6.07) is 0. The first-order chi connectivity index (χ1) is 1.73. The van der Waals surface area contributed by atoms with Crippen LogP contribution in [0.2, 0.25) is 0 Å². The van der Waals surface area contributed by atoms with E-state index in [1.165, 1.54) is 0 Å². The van der Waals surface area contributed by atoms with Crippen molar-refractivity contribution >= 4 is 7.40 Å². The van der Waals surface area contributed by atoms with Gasteiger partial charge in [0.15, 0.2) is 0 Å². The van der Waals surface area contributed by atoms with Crippen LogP contribution in [-0.4, -0.2) is 7.40 Å². The van der Waals surface area contributed by atoms with Crippen LogP contribution in [0.4, 0.5) is 4.32 Å². The van der Waals surface area contributed by atoms with Gasteiger partial charge in [-0.15, -0.1) is 0 Å². The van der Waals surface area contributed by atoms with Gasteiger partial charge < -0.3 is 14.4 Å². The van der Waals surface area contributed by atoms with E-state index >= 15 is 0 Å². The summed E-state index contributed by atoms with van der Waals surface area (Å²) in [4.78, 5) is 0. The fraction of sp³-hybridized carbons (Fsp3) is 0. The Labute approximate surface area is 42.0 Å². The van der Waals surface area contributed by atoms with Crippen molar-refractivity contribution in [2.24, 2.45) is 0 Å². The first kappa shape index (κ1) is 9.11. The molecule has 0 fully saturated rings. The van der Waals surface area contributed by atoms with Crippen LogP contribution in [0.1, 0.15) is 0 Å². The van der Waals surface area contributed by atoms with Crippen molar-refractivity contribution in [3.05, 3.63) is 0 Å². The molecule has 0 radical (unpaired) electrons. The summed E-state index contributed by atoms with van der Waals surface area (Å²) in [7, 11) is -3.17. The van der Waals surface area contributed by atoms with Crippen LogP contribution in [0.25, 0.3) is 0 Å². The SMILES string of the molecule is [O-]B([O-])F.[Zn+2]. The molecule has 24 valence electrons. The zero-order valence-corrected chi connectivity index (χ0v) is 5.45. The fourth-order valence-electron chi connectivity index (χ4n) is 0. The Bertz CT molecular complexity index is 14.4. The molecule has 0 rings (SSSR count). The topological polar surface area (TPSA) is 46.1 Å². The number of hydrogen-bond donors (Lipinski definition) is 0. The van der Waals surface area contributed by atoms with E-state index in [9.17, 15) is 4.32 Å². The molecule has 0 aromatic rings. The molecule has 0 saturated heterocycles. The Hall–Kier alpha value is 0.538. The maximum Gasteiger partial charge on any atom is 2.00 e. The molecule has 2 nitrogen and oxygen atoms in total. The van der Waals surface area contributed by atoms with Gasteiger partial charge in [-0.05, 0) is 0 Å². The van der Waals surface area contributed by atoms with E-state index in [0.29, 0.717) is 0 Å². The van der Waals surface area contributed by atoms with E-state index in [4.69, 9.17) is 10.0 Å². The van der Waals surface area contributed by atoms with Crippen LogP contribution in [-0.2, 0) is 19.5 Å². The van der Waals surface area contributed by atoms with Crippen molar-refractivity contribution in [3.63, 3.8) is 0 Å². The molecule has 0 aromatic carbocycles. The van der Waals surface area contributed by atoms with Gasteiger partial charge in [0.2, 0.25) is 0 Å². The van der Waals surface area contributed by atoms with E-state index in [1.807, 2.05) is 0 Å². The molecule has 0 spiro atoms. The van der Waals surface area contributed by atoms with Crippen LogP contribution < -0.4 is 10.0 Å². The molecule has 0 atom stereocenters. The van der Waals surface area contributed by atoms with Crippen LogP contribution in [0.15, 0.2) is 0 Å². The van der Waals surface area contributed by atoms with Gasteiger partial charge in [0, 0.05) is 0 Å². The van der Waals surface area contributed by atoms with Crippen LogP contribution in [0, 0.1) is 0 Å². The smallest absolute Gasteiger partial charge is 0.867 e. The number of rotatable bonds is 0. The molecule has 0 aliphatic carbocycles. The number of hydrogen-bond acceptors (Lipinski definition) is 2. The summed E-state index contributed by atoms with van der Waals surface area (Å²) in [6.45, 7) is 0. The first-order valence-corrected chi connectivity index (χ1v) is 0.690. The molecule has 5 heavy (non-hydrogen) atoms. The minimum atomic E-state index is -3.17. The van der Waals surface area contributed by atoms with Gasteiger partial charge >= 0.3 is 19.5 Å². The van der Waals surface area contributed by atoms with Crippen molar-refractivity contribution < 1.29 is 33.8 Å². The Balaban J connectivity index is 0. The molecule has 0 aromatic heterocycles. The van der Waals surface area contributed by atoms with E-state index in [2.05, 4.69) is 0 Å². The maximum atomic E-state index is 9.89. The van der Waals surface area contributed by atoms with Gasteiger partial charge in [-0.1, -0.05) is 0 Å². The van der Waals surface area contributed by atoms with E-state index in [-0.39, 0.29) is 19.5 Å². The zero-order chi connectivity index (χ0) is 3.58. The largest absolute Gasteiger partial charge is 2.00 e. The molecule has 0 amide bonds. The van der Waals surface area contributed by atoms with E-state index < -0.39 is 7.40 Å². The summed E-state index contributed by atoms with van der Waals surface area (Å²) in [5.74, 6) is 0. The Kier molecular flexibility index (Phi) is 8.27. The molecule has 0 heterocycles. The molecule has 0 saturated carbocycles. The van der Waals surface area contributed by atoms with Gasteiger partial charge in [0.05, 0.1) is 0 Å². The Morgan fingerprint density at radius 1 is 1.40 bits per heavy atom. The molecule has 5 heteroatoms. The second kappa shape index (κ2) is 4.54. The minimum absolute atomic E-state index is 0. The van der Waals surface area contributed by atoms with Crippen LogP contribution in [0.3, 0.4) is 0 Å². The van der Waals surface area contributed by atoms with Crippen molar-refractivity contribution in [1.82, 2.24) is 0 Å². The maximum absolute atomic E-state index is 9.89. The van der Waals surface area contributed by atoms with Crippen LogP contribution >= 0.6 is 0 Å². The summed E-state index contributed by atoms with van der Waals surface area (Å²) < 4.78 is 9.89. The normalized spacial score (nSPS) is 5.40. The molecule has 0 unspecified atom stereocenters. The predicted molar refractivity (Wildman–Crippen MR) is 6.86 cm³/mol. The molecule has 0 aliphatic heterocycles. The molecule has 0 N–H and O–H groups in total. The van der Waals surface area contributed by atoms with Crippen molar-refractivity contribution in [1.29, 1.82) is 0 Å². The molecule has 0 aliphatic rings. The summed E-state index contributed by atoms with van der Waals surface area (Å²) in [5.41, 5.74) is 0. The van der Waals surface area contributed by atoms with Gasteiger partial charge in [-0.25, -0.2) is 0 Å². The fourth-order valence-corrected chi connectivity index (χ4v) is 0. The van der Waals surface area contributed by atoms with Gasteiger partial charge in [-0.3, -0.25) is 0 Å². The van der Waals surface area contributed by atoms with Gasteiger partial charge in [0.1, 0.15) is 7.40 Å². The average molecular weight is 127 g/mol. The Morgan fingerprint density at radius 2 is 1.40 bits per heavy atom. The average Bonchev–Trinajstić information content (AvgIpc) is 0.811. The van der Waals surface area contributed by atoms with Crippen molar-refractivity contribution in [2.45, 2.75) is 0 Å². The molecular formula is BFO2Zn. The summed E-state index contributed by atoms with van der Waals surface area (Å²) in [5, 5.41) is 16.6. The molecule has 0 bridgehead atoms. The third kappa shape index (κ3) is 101. The minimum Gasteiger partial charge on any atom is -0.867 e. The van der Waals surface area contributed by atoms with Gasteiger partial charge in [0.25, 0.3) is 0 Å². The third-order valence-corrected chi connectivity index (χ3v) is 0. The van der Waals surface area contributed by atoms with Crippen molar-refractivity contribution in [2.75, 3.05) is 0 Å². The quantitative estimate of drug-likeness (QED) is 0.342. The summed E-state index contributed by atoms with van der Waals surface area (Å²) in [6.07, 6.45) is 0. The van der Waals surface area contributed by atoms with E-state index in [0.717, 1.165) is 0 Å². The first-order valence-electron chi connectivity index (χ1n) is 0.690. The second-order valence-electron chi connectivity index (χ2n) is 0.274. The summed E-state index contributed by atoms with van der Waals surface area (Å²) >= 11 is 0. The standard InChI is InChI=1S/BFO2.Zn/c2-1(3)4;/q-2;+2. The second-order valence-corrected chi connectivity index (χ2v) is 0.274. The van der Waals surface area contributed by atoms with Crippen molar-refractivity contribution in [3.8, 4) is 0 Å². The van der Waals surface area contributed by atoms with E-state index in [1.54, 1.807) is 0 Å². The zero-order valence-electron chi connectivity index (χ0n) is 2.48. The predicted octanol–water partition coefficient (Wildman–Crippen LogP) is -2.34. The Morgan fingerprint density at radius 3 is 1.40 bits per heavy atom. The third-order valence-electron chi connectivity index (χ3n) is 0. The van der Waals surface area contributed by atoms with Gasteiger partial charge in [-0.2, -0.15) is 0 Å². The monoisotopic (exact) mass is 126 g/mol. The number of halogens is 1.